The van der Waals surface area contributed by atoms with Crippen LogP contribution in [0.25, 0.3) is 9.78 Å². The Morgan fingerprint density at radius 1 is 1.58 bits per heavy atom. The molecule has 0 aliphatic carbocycles. The second-order valence-corrected chi connectivity index (χ2v) is 5.04. The van der Waals surface area contributed by atoms with Crippen LogP contribution in [0.1, 0.15) is 0 Å². The van der Waals surface area contributed by atoms with Gasteiger partial charge < -0.3 is 0 Å². The van der Waals surface area contributed by atoms with E-state index in [0.717, 1.165) is 0 Å². The molecular weight excluding hydrogens is 292 g/mol. The van der Waals surface area contributed by atoms with Crippen molar-refractivity contribution in [2.45, 2.75) is 0 Å². The van der Waals surface area contributed by atoms with E-state index in [-0.39, 0.29) is 24.9 Å². The second-order valence-electron chi connectivity index (χ2n) is 2.13. The molecule has 12 heavy (non-hydrogen) atoms. The maximum atomic E-state index is 13.3. The molecule has 2 rings (SSSR count). The van der Waals surface area contributed by atoms with Crippen LogP contribution < -0.4 is 5.73 Å². The van der Waals surface area contributed by atoms with Gasteiger partial charge in [-0.25, -0.2) is 0 Å². The molecule has 0 spiro atoms. The van der Waals surface area contributed by atoms with Gasteiger partial charge in [-0.05, 0) is 0 Å². The van der Waals surface area contributed by atoms with Crippen LogP contribution in [0.2, 0.25) is 0 Å². The van der Waals surface area contributed by atoms with Gasteiger partial charge in [-0.2, -0.15) is 0 Å². The predicted octanol–water partition coefficient (Wildman–Crippen LogP) is 1.17. The molecule has 0 radical (unpaired) electrons. The maximum absolute atomic E-state index is 13.3. The molecule has 0 aromatic carbocycles. The molecule has 2 N–H and O–H groups in total. The van der Waals surface area contributed by atoms with Gasteiger partial charge in [0.1, 0.15) is 0 Å². The third-order valence-corrected chi connectivity index (χ3v) is 3.78. The zero-order valence-electron chi connectivity index (χ0n) is 5.71. The van der Waals surface area contributed by atoms with Crippen molar-refractivity contribution in [3.05, 3.63) is 16.6 Å². The Bertz CT molecular complexity index is 442. The van der Waals surface area contributed by atoms with E-state index >= 15 is 0 Å². The summed E-state index contributed by atoms with van der Waals surface area (Å²) in [4.78, 5) is 7.73. The van der Waals surface area contributed by atoms with Crippen molar-refractivity contribution in [1.29, 1.82) is 0 Å². The van der Waals surface area contributed by atoms with Gasteiger partial charge in [-0.3, -0.25) is 0 Å². The third kappa shape index (κ3) is 1.16. The number of nitrogens with two attached hydrogens (primary N) is 1. The molecule has 0 fully saturated rings. The van der Waals surface area contributed by atoms with Gasteiger partial charge in [0.25, 0.3) is 0 Å². The van der Waals surface area contributed by atoms with Gasteiger partial charge in [0.2, 0.25) is 0 Å². The summed E-state index contributed by atoms with van der Waals surface area (Å²) in [5, 5.41) is 0. The summed E-state index contributed by atoms with van der Waals surface area (Å²) >= 11 is 2.83. The zero-order valence-corrected chi connectivity index (χ0v) is 9.01. The first-order valence-electron chi connectivity index (χ1n) is 3.04. The van der Waals surface area contributed by atoms with Crippen molar-refractivity contribution >= 4 is 44.9 Å². The summed E-state index contributed by atoms with van der Waals surface area (Å²) in [5.74, 6) is -0.336. The molecule has 62 valence electrons. The molecule has 6 heteroatoms. The van der Waals surface area contributed by atoms with Crippen molar-refractivity contribution in [3.8, 4) is 0 Å². The van der Waals surface area contributed by atoms with Gasteiger partial charge >= 0.3 is 81.6 Å². The fraction of sp³-hybridized carbons (Fsp3) is 0. The summed E-state index contributed by atoms with van der Waals surface area (Å²) in [7, 11) is 0. The number of halogens is 2. The number of pyridine rings is 1. The quantitative estimate of drug-likeness (QED) is 0.586. The van der Waals surface area contributed by atoms with E-state index in [2.05, 4.69) is 25.9 Å². The molecular formula is C6H3BrFN3Se. The summed E-state index contributed by atoms with van der Waals surface area (Å²) < 4.78 is 14.6. The van der Waals surface area contributed by atoms with E-state index in [1.807, 2.05) is 0 Å². The van der Waals surface area contributed by atoms with Crippen LogP contribution in [0, 0.1) is 5.82 Å². The van der Waals surface area contributed by atoms with E-state index in [1.54, 1.807) is 0 Å². The van der Waals surface area contributed by atoms with Crippen molar-refractivity contribution in [2.75, 3.05) is 5.73 Å². The van der Waals surface area contributed by atoms with E-state index in [4.69, 9.17) is 5.73 Å². The zero-order chi connectivity index (χ0) is 8.72. The first-order chi connectivity index (χ1) is 5.68. The minimum atomic E-state index is -0.336. The first-order valence-corrected chi connectivity index (χ1v) is 5.55. The monoisotopic (exact) mass is 295 g/mol. The third-order valence-electron chi connectivity index (χ3n) is 1.35. The SMILES string of the molecule is Nc1nc2cnc(Br)c(F)c2[se]1. The Morgan fingerprint density at radius 3 is 3.08 bits per heavy atom. The van der Waals surface area contributed by atoms with Crippen LogP contribution in [0.5, 0.6) is 0 Å². The van der Waals surface area contributed by atoms with Crippen LogP contribution in [0.3, 0.4) is 0 Å². The average molecular weight is 295 g/mol. The fourth-order valence-corrected chi connectivity index (χ4v) is 3.02. The van der Waals surface area contributed by atoms with Gasteiger partial charge in [-0.15, -0.1) is 0 Å². The number of rotatable bonds is 0. The van der Waals surface area contributed by atoms with Crippen molar-refractivity contribution in [3.63, 3.8) is 0 Å². The molecule has 0 bridgehead atoms. The Labute approximate surface area is 81.7 Å². The van der Waals surface area contributed by atoms with Crippen molar-refractivity contribution in [2.24, 2.45) is 0 Å². The Kier molecular flexibility index (Phi) is 1.90. The summed E-state index contributed by atoms with van der Waals surface area (Å²) in [6.45, 7) is 0. The number of aromatic nitrogens is 2. The Morgan fingerprint density at radius 2 is 2.33 bits per heavy atom. The van der Waals surface area contributed by atoms with Crippen LogP contribution >= 0.6 is 15.9 Å². The van der Waals surface area contributed by atoms with Crippen LogP contribution in [-0.2, 0) is 0 Å². The Balaban J connectivity index is 2.89. The molecule has 0 aliphatic rings. The molecule has 3 nitrogen and oxygen atoms in total. The molecule has 0 saturated heterocycles. The molecule has 0 saturated carbocycles. The number of fused-ring (bicyclic) bond motifs is 1. The molecule has 0 amide bonds. The average Bonchev–Trinajstić information content (AvgIpc) is 2.39. The van der Waals surface area contributed by atoms with Crippen LogP contribution in [-0.4, -0.2) is 24.5 Å². The van der Waals surface area contributed by atoms with E-state index < -0.39 is 0 Å². The number of hydrogen-bond acceptors (Lipinski definition) is 3. The Hall–Kier alpha value is -0.451. The topological polar surface area (TPSA) is 51.8 Å². The standard InChI is InChI=1S/C6H3BrFN3Se/c7-5-3(8)4-2(1-10-5)11-6(9)12-4/h1H,(H2,9,11). The van der Waals surface area contributed by atoms with E-state index in [0.29, 0.717) is 14.5 Å². The van der Waals surface area contributed by atoms with Crippen LogP contribution in [0.4, 0.5) is 9.08 Å². The number of hydrogen-bond donors (Lipinski definition) is 1. The molecule has 0 unspecified atom stereocenters. The van der Waals surface area contributed by atoms with Gasteiger partial charge in [-0.1, -0.05) is 0 Å². The van der Waals surface area contributed by atoms with E-state index in [1.165, 1.54) is 6.20 Å². The van der Waals surface area contributed by atoms with Crippen LogP contribution in [0.15, 0.2) is 10.8 Å². The molecule has 0 aliphatic heterocycles. The summed E-state index contributed by atoms with van der Waals surface area (Å²) in [5.41, 5.74) is 6.04. The fourth-order valence-electron chi connectivity index (χ4n) is 0.862. The molecule has 2 aromatic heterocycles. The van der Waals surface area contributed by atoms with Gasteiger partial charge in [0.05, 0.1) is 0 Å². The number of nitrogen functional groups attached to an aromatic ring is 1. The first kappa shape index (κ1) is 8.16. The van der Waals surface area contributed by atoms with Crippen molar-refractivity contribution < 1.29 is 4.39 Å². The van der Waals surface area contributed by atoms with Gasteiger partial charge in [0, 0.05) is 0 Å². The molecule has 2 aromatic rings. The molecule has 2 heterocycles. The van der Waals surface area contributed by atoms with Crippen molar-refractivity contribution in [1.82, 2.24) is 9.97 Å². The molecule has 0 atom stereocenters. The van der Waals surface area contributed by atoms with Gasteiger partial charge in [0.15, 0.2) is 0 Å². The normalized spacial score (nSPS) is 10.8. The number of nitrogens with zero attached hydrogens (tertiary/aromatic N) is 2. The summed E-state index contributed by atoms with van der Waals surface area (Å²) in [6, 6.07) is 0. The minimum absolute atomic E-state index is 0.176. The summed E-state index contributed by atoms with van der Waals surface area (Å²) in [6.07, 6.45) is 1.52. The second kappa shape index (κ2) is 2.80. The predicted molar refractivity (Wildman–Crippen MR) is 48.5 cm³/mol. The van der Waals surface area contributed by atoms with E-state index in [9.17, 15) is 4.39 Å². The number of anilines is 1.